The van der Waals surface area contributed by atoms with Crippen molar-refractivity contribution in [1.29, 1.82) is 0 Å². The van der Waals surface area contributed by atoms with E-state index in [1.807, 2.05) is 22.8 Å². The van der Waals surface area contributed by atoms with E-state index in [4.69, 9.17) is 20.2 Å². The van der Waals surface area contributed by atoms with Crippen LogP contribution in [0.4, 0.5) is 10.6 Å². The molecule has 1 aromatic carbocycles. The summed E-state index contributed by atoms with van der Waals surface area (Å²) in [5.41, 5.74) is 7.22. The number of ether oxygens (including phenoxy) is 2. The van der Waals surface area contributed by atoms with Crippen LogP contribution in [0.1, 0.15) is 25.7 Å². The highest BCUT2D eigenvalue weighted by Crippen LogP contribution is 2.38. The molecule has 0 radical (unpaired) electrons. The van der Waals surface area contributed by atoms with E-state index in [1.54, 1.807) is 19.1 Å². The highest BCUT2D eigenvalue weighted by molar-refractivity contribution is 7.99. The lowest BCUT2D eigenvalue weighted by Gasteiger charge is -2.33. The van der Waals surface area contributed by atoms with Crippen molar-refractivity contribution >= 4 is 34.8 Å². The number of imidazole rings is 1. The minimum Gasteiger partial charge on any atom is -0.497 e. The number of benzene rings is 1. The predicted molar refractivity (Wildman–Crippen MR) is 120 cm³/mol. The minimum atomic E-state index is -0.868. The number of anilines is 1. The van der Waals surface area contributed by atoms with Crippen LogP contribution in [-0.2, 0) is 6.54 Å². The second-order valence-electron chi connectivity index (χ2n) is 7.51. The number of rotatable bonds is 7. The van der Waals surface area contributed by atoms with Crippen LogP contribution < -0.4 is 15.2 Å². The summed E-state index contributed by atoms with van der Waals surface area (Å²) in [5.74, 6) is 1.70. The third-order valence-electron chi connectivity index (χ3n) is 5.66. The lowest BCUT2D eigenvalue weighted by atomic mass is 10.00. The highest BCUT2D eigenvalue weighted by atomic mass is 32.2. The molecule has 1 amide bonds. The Kier molecular flexibility index (Phi) is 6.54. The lowest BCUT2D eigenvalue weighted by Crippen LogP contribution is -2.43. The number of aryl methyl sites for hydroxylation is 1. The van der Waals surface area contributed by atoms with E-state index in [2.05, 4.69) is 9.97 Å². The number of amides is 1. The second kappa shape index (κ2) is 9.51. The maximum atomic E-state index is 11.7. The van der Waals surface area contributed by atoms with Gasteiger partial charge in [-0.1, -0.05) is 0 Å². The molecule has 3 N–H and O–H groups in total. The van der Waals surface area contributed by atoms with E-state index in [1.165, 1.54) is 18.1 Å². The fourth-order valence-electron chi connectivity index (χ4n) is 4.01. The predicted octanol–water partition coefficient (Wildman–Crippen LogP) is 3.50. The van der Waals surface area contributed by atoms with Crippen LogP contribution in [0, 0.1) is 0 Å². The Balaban J connectivity index is 1.68. The van der Waals surface area contributed by atoms with Gasteiger partial charge in [0.15, 0.2) is 22.1 Å². The molecule has 4 rings (SSSR count). The average molecular weight is 459 g/mol. The smallest absolute Gasteiger partial charge is 0.407 e. The molecular formula is C21H26N6O4S. The Hall–Kier alpha value is -3.21. The zero-order valence-electron chi connectivity index (χ0n) is 18.0. The van der Waals surface area contributed by atoms with Crippen LogP contribution in [0.15, 0.2) is 34.6 Å². The van der Waals surface area contributed by atoms with Crippen molar-refractivity contribution in [3.05, 3.63) is 24.5 Å². The Morgan fingerprint density at radius 2 is 2.12 bits per heavy atom. The molecule has 1 atom stereocenters. The summed E-state index contributed by atoms with van der Waals surface area (Å²) >= 11 is 1.42. The van der Waals surface area contributed by atoms with Crippen molar-refractivity contribution in [3.8, 4) is 11.5 Å². The first-order chi connectivity index (χ1) is 15.5. The maximum Gasteiger partial charge on any atom is 0.407 e. The lowest BCUT2D eigenvalue weighted by molar-refractivity contribution is 0.101. The van der Waals surface area contributed by atoms with E-state index >= 15 is 0 Å². The molecular weight excluding hydrogens is 432 g/mol. The number of aromatic nitrogens is 4. The summed E-state index contributed by atoms with van der Waals surface area (Å²) in [6.07, 6.45) is 3.98. The first-order valence-corrected chi connectivity index (χ1v) is 11.2. The number of carbonyl (C=O) groups is 1. The number of nitrogens with zero attached hydrogens (tertiary/aromatic N) is 5. The van der Waals surface area contributed by atoms with E-state index in [0.717, 1.165) is 24.2 Å². The van der Waals surface area contributed by atoms with Crippen LogP contribution in [-0.4, -0.2) is 62.4 Å². The molecule has 1 saturated heterocycles. The molecule has 1 aliphatic heterocycles. The third kappa shape index (κ3) is 4.38. The number of hydrogen-bond donors (Lipinski definition) is 2. The number of carboxylic acid groups (broad SMARTS) is 1. The van der Waals surface area contributed by atoms with Gasteiger partial charge in [0.1, 0.15) is 17.8 Å². The van der Waals surface area contributed by atoms with Crippen LogP contribution in [0.5, 0.6) is 11.5 Å². The van der Waals surface area contributed by atoms with E-state index < -0.39 is 6.09 Å². The molecule has 1 aliphatic rings. The van der Waals surface area contributed by atoms with Crippen LogP contribution in [0.2, 0.25) is 0 Å². The first-order valence-electron chi connectivity index (χ1n) is 10.4. The quantitative estimate of drug-likeness (QED) is 0.546. The Morgan fingerprint density at radius 1 is 1.28 bits per heavy atom. The third-order valence-corrected chi connectivity index (χ3v) is 6.69. The van der Waals surface area contributed by atoms with Crippen molar-refractivity contribution < 1.29 is 19.4 Å². The summed E-state index contributed by atoms with van der Waals surface area (Å²) in [6, 6.07) is 5.52. The van der Waals surface area contributed by atoms with Crippen molar-refractivity contribution in [3.63, 3.8) is 0 Å². The van der Waals surface area contributed by atoms with Gasteiger partial charge in [0, 0.05) is 19.1 Å². The summed E-state index contributed by atoms with van der Waals surface area (Å²) in [4.78, 5) is 27.2. The van der Waals surface area contributed by atoms with Gasteiger partial charge in [-0.3, -0.25) is 0 Å². The summed E-state index contributed by atoms with van der Waals surface area (Å²) in [5, 5.41) is 10.2. The largest absolute Gasteiger partial charge is 0.497 e. The normalized spacial score (nSPS) is 16.3. The van der Waals surface area contributed by atoms with Crippen molar-refractivity contribution in [2.45, 2.75) is 48.3 Å². The van der Waals surface area contributed by atoms with Gasteiger partial charge in [-0.15, -0.1) is 0 Å². The fourth-order valence-corrected chi connectivity index (χ4v) is 5.05. The molecule has 0 spiro atoms. The van der Waals surface area contributed by atoms with Gasteiger partial charge in [-0.05, 0) is 55.6 Å². The van der Waals surface area contributed by atoms with Gasteiger partial charge in [0.2, 0.25) is 0 Å². The zero-order valence-corrected chi connectivity index (χ0v) is 18.8. The topological polar surface area (TPSA) is 129 Å². The molecule has 170 valence electrons. The van der Waals surface area contributed by atoms with Gasteiger partial charge in [-0.25, -0.2) is 19.7 Å². The maximum absolute atomic E-state index is 11.7. The van der Waals surface area contributed by atoms with E-state index in [0.29, 0.717) is 53.1 Å². The highest BCUT2D eigenvalue weighted by Gasteiger charge is 2.27. The van der Waals surface area contributed by atoms with Gasteiger partial charge < -0.3 is 29.8 Å². The van der Waals surface area contributed by atoms with Crippen LogP contribution in [0.25, 0.3) is 11.2 Å². The zero-order chi connectivity index (χ0) is 22.7. The molecule has 1 fully saturated rings. The minimum absolute atomic E-state index is 0.0397. The molecule has 0 saturated carbocycles. The Morgan fingerprint density at radius 3 is 2.88 bits per heavy atom. The number of fused-ring (bicyclic) bond motifs is 1. The van der Waals surface area contributed by atoms with Gasteiger partial charge in [0.25, 0.3) is 0 Å². The van der Waals surface area contributed by atoms with Crippen molar-refractivity contribution in [2.75, 3.05) is 26.5 Å². The van der Waals surface area contributed by atoms with E-state index in [9.17, 15) is 9.90 Å². The van der Waals surface area contributed by atoms with E-state index in [-0.39, 0.29) is 6.04 Å². The fraction of sp³-hybridized carbons (Fsp3) is 0.429. The Bertz CT molecular complexity index is 1120. The number of nitrogen functional groups attached to an aromatic ring is 1. The number of piperidine rings is 1. The number of likely N-dealkylation sites (tertiary alicyclic amines) is 1. The van der Waals surface area contributed by atoms with Gasteiger partial charge in [0.05, 0.1) is 19.1 Å². The standard InChI is InChI=1S/C21H26N6O4S/c1-30-14-6-7-15(31-2)16(11-14)32-20-25-17-18(22)23-12-24-19(17)27(20)10-8-13-5-3-4-9-26(13)21(28)29/h6-7,11-13H,3-5,8-10H2,1-2H3,(H,28,29)(H2,22,23,24). The first kappa shape index (κ1) is 22.0. The molecule has 32 heavy (non-hydrogen) atoms. The van der Waals surface area contributed by atoms with Gasteiger partial charge >= 0.3 is 6.09 Å². The van der Waals surface area contributed by atoms with Crippen LogP contribution in [0.3, 0.4) is 0 Å². The molecule has 2 aromatic heterocycles. The second-order valence-corrected chi connectivity index (χ2v) is 8.52. The molecule has 1 unspecified atom stereocenters. The van der Waals surface area contributed by atoms with Crippen molar-refractivity contribution in [1.82, 2.24) is 24.4 Å². The molecule has 0 bridgehead atoms. The van der Waals surface area contributed by atoms with Crippen LogP contribution >= 0.6 is 11.8 Å². The SMILES string of the molecule is COc1ccc(OC)c(Sc2nc3c(N)ncnc3n2CCC2CCCCN2C(=O)O)c1. The summed E-state index contributed by atoms with van der Waals surface area (Å²) < 4.78 is 12.9. The number of methoxy groups -OCH3 is 2. The number of hydrogen-bond acceptors (Lipinski definition) is 8. The summed E-state index contributed by atoms with van der Waals surface area (Å²) in [6.45, 7) is 1.12. The van der Waals surface area contributed by atoms with Crippen molar-refractivity contribution in [2.24, 2.45) is 0 Å². The molecule has 3 heterocycles. The Labute approximate surface area is 189 Å². The molecule has 3 aromatic rings. The molecule has 11 heteroatoms. The monoisotopic (exact) mass is 458 g/mol. The summed E-state index contributed by atoms with van der Waals surface area (Å²) in [7, 11) is 3.22. The molecule has 10 nitrogen and oxygen atoms in total. The molecule has 0 aliphatic carbocycles. The average Bonchev–Trinajstić information content (AvgIpc) is 3.16. The number of nitrogens with two attached hydrogens (primary N) is 1. The van der Waals surface area contributed by atoms with Gasteiger partial charge in [-0.2, -0.15) is 0 Å².